The fourth-order valence-electron chi connectivity index (χ4n) is 2.50. The Balaban J connectivity index is 1.77. The van der Waals surface area contributed by atoms with Gasteiger partial charge in [-0.2, -0.15) is 0 Å². The van der Waals surface area contributed by atoms with Crippen molar-refractivity contribution in [2.24, 2.45) is 0 Å². The first-order valence-electron chi connectivity index (χ1n) is 8.93. The number of carbonyl (C=O) groups is 2. The Morgan fingerprint density at radius 3 is 2.45 bits per heavy atom. The van der Waals surface area contributed by atoms with Gasteiger partial charge in [0, 0.05) is 0 Å². The van der Waals surface area contributed by atoms with E-state index >= 15 is 0 Å². The molecule has 3 aromatic rings. The summed E-state index contributed by atoms with van der Waals surface area (Å²) in [7, 11) is 0. The lowest BCUT2D eigenvalue weighted by molar-refractivity contribution is -0.118. The fraction of sp³-hybridized carbons (Fsp3) is 0.0435. The molecule has 146 valence electrons. The minimum atomic E-state index is -0.469. The third kappa shape index (κ3) is 5.96. The molecule has 0 saturated carbocycles. The molecule has 2 aromatic carbocycles. The summed E-state index contributed by atoms with van der Waals surface area (Å²) < 4.78 is 5.22. The number of allylic oxidation sites excluding steroid dienone is 2. The lowest BCUT2D eigenvalue weighted by Gasteiger charge is -2.10. The van der Waals surface area contributed by atoms with Gasteiger partial charge in [-0.3, -0.25) is 9.59 Å². The van der Waals surface area contributed by atoms with Gasteiger partial charge in [0.05, 0.1) is 23.4 Å². The van der Waals surface area contributed by atoms with Gasteiger partial charge in [0.2, 0.25) is 0 Å². The van der Waals surface area contributed by atoms with Crippen molar-refractivity contribution in [3.8, 4) is 0 Å². The number of hydrogen-bond donors (Lipinski definition) is 2. The summed E-state index contributed by atoms with van der Waals surface area (Å²) in [6, 6.07) is 19.8. The zero-order chi connectivity index (χ0) is 20.5. The van der Waals surface area contributed by atoms with Gasteiger partial charge >= 0.3 is 0 Å². The Bertz CT molecular complexity index is 1030. The van der Waals surface area contributed by atoms with Crippen LogP contribution in [0.25, 0.3) is 6.08 Å². The standard InChI is InChI=1S/C23H19ClN2O3/c24-20-13-5-4-12-19(20)22(27)26-21(14-6-10-17-8-2-1-3-9-17)23(28)25-16-18-11-7-15-29-18/h1-15H,16H2,(H,25,28)(H,26,27)/b10-6+,21-14+. The first-order chi connectivity index (χ1) is 14.1. The predicted octanol–water partition coefficient (Wildman–Crippen LogP) is 4.58. The third-order valence-electron chi connectivity index (χ3n) is 3.97. The second kappa shape index (κ2) is 10.1. The molecular weight excluding hydrogens is 388 g/mol. The molecule has 0 spiro atoms. The normalized spacial score (nSPS) is 11.4. The van der Waals surface area contributed by atoms with Crippen molar-refractivity contribution >= 4 is 29.5 Å². The number of benzene rings is 2. The van der Waals surface area contributed by atoms with E-state index in [1.54, 1.807) is 48.6 Å². The van der Waals surface area contributed by atoms with Gasteiger partial charge in [-0.25, -0.2) is 0 Å². The van der Waals surface area contributed by atoms with Crippen molar-refractivity contribution in [1.29, 1.82) is 0 Å². The first kappa shape index (κ1) is 20.2. The van der Waals surface area contributed by atoms with Crippen molar-refractivity contribution in [2.75, 3.05) is 0 Å². The maximum atomic E-state index is 12.6. The average Bonchev–Trinajstić information content (AvgIpc) is 3.26. The van der Waals surface area contributed by atoms with E-state index in [1.165, 1.54) is 6.26 Å². The van der Waals surface area contributed by atoms with Crippen LogP contribution in [-0.4, -0.2) is 11.8 Å². The van der Waals surface area contributed by atoms with Gasteiger partial charge in [0.1, 0.15) is 11.5 Å². The summed E-state index contributed by atoms with van der Waals surface area (Å²) in [5.41, 5.74) is 1.34. The largest absolute Gasteiger partial charge is 0.467 e. The molecule has 0 fully saturated rings. The molecule has 1 aromatic heterocycles. The number of rotatable bonds is 7. The summed E-state index contributed by atoms with van der Waals surface area (Å²) in [5, 5.41) is 5.66. The van der Waals surface area contributed by atoms with Crippen LogP contribution in [0, 0.1) is 0 Å². The van der Waals surface area contributed by atoms with E-state index in [0.29, 0.717) is 10.8 Å². The second-order valence-corrected chi connectivity index (χ2v) is 6.45. The SMILES string of the molecule is O=C(NCc1ccco1)/C(=C\C=C\c1ccccc1)NC(=O)c1ccccc1Cl. The molecule has 0 aliphatic carbocycles. The van der Waals surface area contributed by atoms with Gasteiger partial charge in [-0.1, -0.05) is 66.2 Å². The number of halogens is 1. The van der Waals surface area contributed by atoms with Gasteiger partial charge in [0.25, 0.3) is 11.8 Å². The van der Waals surface area contributed by atoms with E-state index in [4.69, 9.17) is 16.0 Å². The topological polar surface area (TPSA) is 71.3 Å². The highest BCUT2D eigenvalue weighted by molar-refractivity contribution is 6.34. The van der Waals surface area contributed by atoms with E-state index in [9.17, 15) is 9.59 Å². The van der Waals surface area contributed by atoms with Crippen molar-refractivity contribution in [2.45, 2.75) is 6.54 Å². The maximum Gasteiger partial charge on any atom is 0.268 e. The Morgan fingerprint density at radius 1 is 0.966 bits per heavy atom. The molecule has 2 amide bonds. The van der Waals surface area contributed by atoms with Crippen LogP contribution in [0.5, 0.6) is 0 Å². The predicted molar refractivity (Wildman–Crippen MR) is 113 cm³/mol. The van der Waals surface area contributed by atoms with Crippen molar-refractivity contribution in [1.82, 2.24) is 10.6 Å². The zero-order valence-electron chi connectivity index (χ0n) is 15.5. The van der Waals surface area contributed by atoms with Crippen LogP contribution in [0.1, 0.15) is 21.7 Å². The van der Waals surface area contributed by atoms with Gasteiger partial charge in [-0.05, 0) is 35.9 Å². The maximum absolute atomic E-state index is 12.6. The molecule has 0 unspecified atom stereocenters. The van der Waals surface area contributed by atoms with Crippen molar-refractivity contribution < 1.29 is 14.0 Å². The van der Waals surface area contributed by atoms with Crippen LogP contribution < -0.4 is 10.6 Å². The molecule has 0 bridgehead atoms. The molecule has 1 heterocycles. The summed E-state index contributed by atoms with van der Waals surface area (Å²) in [6.45, 7) is 0.202. The van der Waals surface area contributed by atoms with Gasteiger partial charge in [0.15, 0.2) is 0 Å². The summed E-state index contributed by atoms with van der Waals surface area (Å²) in [6.07, 6.45) is 6.60. The van der Waals surface area contributed by atoms with Crippen molar-refractivity contribution in [3.63, 3.8) is 0 Å². The van der Waals surface area contributed by atoms with E-state index in [0.717, 1.165) is 5.56 Å². The fourth-order valence-corrected chi connectivity index (χ4v) is 2.73. The summed E-state index contributed by atoms with van der Waals surface area (Å²) in [4.78, 5) is 25.2. The molecule has 0 aliphatic rings. The molecule has 0 radical (unpaired) electrons. The lowest BCUT2D eigenvalue weighted by atomic mass is 10.2. The molecular formula is C23H19ClN2O3. The lowest BCUT2D eigenvalue weighted by Crippen LogP contribution is -2.34. The van der Waals surface area contributed by atoms with Crippen LogP contribution in [-0.2, 0) is 11.3 Å². The van der Waals surface area contributed by atoms with Crippen LogP contribution in [0.4, 0.5) is 0 Å². The van der Waals surface area contributed by atoms with Crippen LogP contribution in [0.2, 0.25) is 5.02 Å². The monoisotopic (exact) mass is 406 g/mol. The second-order valence-electron chi connectivity index (χ2n) is 6.05. The molecule has 5 nitrogen and oxygen atoms in total. The van der Waals surface area contributed by atoms with Crippen molar-refractivity contribution in [3.05, 3.63) is 113 Å². The number of nitrogens with one attached hydrogen (secondary N) is 2. The molecule has 2 N–H and O–H groups in total. The number of carbonyl (C=O) groups excluding carboxylic acids is 2. The highest BCUT2D eigenvalue weighted by Gasteiger charge is 2.16. The van der Waals surface area contributed by atoms with Crippen LogP contribution in [0.15, 0.2) is 95.3 Å². The van der Waals surface area contributed by atoms with Crippen LogP contribution in [0.3, 0.4) is 0 Å². The minimum absolute atomic E-state index is 0.0913. The average molecular weight is 407 g/mol. The Labute approximate surface area is 173 Å². The van der Waals surface area contributed by atoms with E-state index in [-0.39, 0.29) is 17.8 Å². The molecule has 0 atom stereocenters. The van der Waals surface area contributed by atoms with E-state index in [2.05, 4.69) is 10.6 Å². The smallest absolute Gasteiger partial charge is 0.268 e. The van der Waals surface area contributed by atoms with Gasteiger partial charge in [-0.15, -0.1) is 0 Å². The number of furan rings is 1. The zero-order valence-corrected chi connectivity index (χ0v) is 16.2. The molecule has 0 saturated heterocycles. The Hall–Kier alpha value is -3.57. The minimum Gasteiger partial charge on any atom is -0.467 e. The molecule has 0 aliphatic heterocycles. The van der Waals surface area contributed by atoms with Crippen LogP contribution >= 0.6 is 11.6 Å². The highest BCUT2D eigenvalue weighted by Crippen LogP contribution is 2.15. The highest BCUT2D eigenvalue weighted by atomic mass is 35.5. The van der Waals surface area contributed by atoms with E-state index in [1.807, 2.05) is 36.4 Å². The third-order valence-corrected chi connectivity index (χ3v) is 4.30. The van der Waals surface area contributed by atoms with E-state index < -0.39 is 11.8 Å². The molecule has 3 rings (SSSR count). The Morgan fingerprint density at radius 2 is 1.72 bits per heavy atom. The number of amides is 2. The first-order valence-corrected chi connectivity index (χ1v) is 9.31. The van der Waals surface area contributed by atoms with Gasteiger partial charge < -0.3 is 15.1 Å². The summed E-state index contributed by atoms with van der Waals surface area (Å²) >= 11 is 6.09. The number of hydrogen-bond acceptors (Lipinski definition) is 3. The molecule has 6 heteroatoms. The summed E-state index contributed by atoms with van der Waals surface area (Å²) in [5.74, 6) is -0.308. The quantitative estimate of drug-likeness (QED) is 0.445. The Kier molecular flexibility index (Phi) is 7.03. The molecule has 29 heavy (non-hydrogen) atoms.